The Bertz CT molecular complexity index is 263. The average Bonchev–Trinajstić information content (AvgIpc) is 2.87. The van der Waals surface area contributed by atoms with Crippen molar-refractivity contribution < 1.29 is 4.79 Å². The van der Waals surface area contributed by atoms with Crippen LogP contribution in [0.4, 0.5) is 4.79 Å². The Hall–Kier alpha value is -0.770. The van der Waals surface area contributed by atoms with Crippen LogP contribution in [0.5, 0.6) is 0 Å². The number of carbonyl (C=O) groups excluding carboxylic acids is 1. The van der Waals surface area contributed by atoms with Gasteiger partial charge in [0, 0.05) is 32.2 Å². The Morgan fingerprint density at radius 1 is 1.13 bits per heavy atom. The minimum absolute atomic E-state index is 0.299. The van der Waals surface area contributed by atoms with Gasteiger partial charge in [0.1, 0.15) is 0 Å². The number of fused-ring (bicyclic) bond motifs is 1. The zero-order valence-corrected chi connectivity index (χ0v) is 9.11. The highest BCUT2D eigenvalue weighted by Crippen LogP contribution is 2.28. The number of amides is 2. The number of hydrogen-bond acceptors (Lipinski definition) is 2. The minimum Gasteiger partial charge on any atom is -0.320 e. The highest BCUT2D eigenvalue weighted by molar-refractivity contribution is 5.77. The van der Waals surface area contributed by atoms with Gasteiger partial charge in [-0.3, -0.25) is 0 Å². The molecule has 1 saturated carbocycles. The van der Waals surface area contributed by atoms with Crippen molar-refractivity contribution >= 4 is 6.03 Å². The van der Waals surface area contributed by atoms with Gasteiger partial charge in [-0.2, -0.15) is 0 Å². The van der Waals surface area contributed by atoms with E-state index in [1.807, 2.05) is 0 Å². The maximum Gasteiger partial charge on any atom is 0.320 e. The third-order valence-electron chi connectivity index (χ3n) is 4.01. The third-order valence-corrected chi connectivity index (χ3v) is 4.01. The highest BCUT2D eigenvalue weighted by atomic mass is 16.2. The van der Waals surface area contributed by atoms with E-state index in [9.17, 15) is 4.79 Å². The number of piperazine rings is 1. The summed E-state index contributed by atoms with van der Waals surface area (Å²) in [6.07, 6.45) is 5.05. The number of rotatable bonds is 1. The highest BCUT2D eigenvalue weighted by Gasteiger charge is 2.41. The second-order valence-electron chi connectivity index (χ2n) is 4.92. The topological polar surface area (TPSA) is 35.6 Å². The maximum atomic E-state index is 12.2. The van der Waals surface area contributed by atoms with Crippen molar-refractivity contribution in [2.24, 2.45) is 0 Å². The summed E-state index contributed by atoms with van der Waals surface area (Å²) in [4.78, 5) is 16.3. The van der Waals surface area contributed by atoms with Crippen molar-refractivity contribution in [2.45, 2.75) is 37.8 Å². The largest absolute Gasteiger partial charge is 0.320 e. The first-order chi connectivity index (χ1) is 7.36. The first kappa shape index (κ1) is 9.46. The summed E-state index contributed by atoms with van der Waals surface area (Å²) in [6.45, 7) is 3.79. The number of hydrogen-bond donors (Lipinski definition) is 1. The van der Waals surface area contributed by atoms with Crippen molar-refractivity contribution in [1.29, 1.82) is 0 Å². The Morgan fingerprint density at radius 2 is 1.93 bits per heavy atom. The van der Waals surface area contributed by atoms with Crippen LogP contribution >= 0.6 is 0 Å². The molecule has 0 aromatic heterocycles. The van der Waals surface area contributed by atoms with Gasteiger partial charge in [0.05, 0.1) is 6.04 Å². The smallest absolute Gasteiger partial charge is 0.320 e. The van der Waals surface area contributed by atoms with Crippen LogP contribution in [0.25, 0.3) is 0 Å². The zero-order chi connectivity index (χ0) is 10.3. The van der Waals surface area contributed by atoms with Gasteiger partial charge in [-0.1, -0.05) is 12.8 Å². The quantitative estimate of drug-likeness (QED) is 0.688. The monoisotopic (exact) mass is 209 g/mol. The Balaban J connectivity index is 1.72. The lowest BCUT2D eigenvalue weighted by atomic mass is 10.2. The molecule has 2 heterocycles. The molecule has 1 atom stereocenters. The molecule has 1 aliphatic carbocycles. The van der Waals surface area contributed by atoms with Crippen LogP contribution in [0.3, 0.4) is 0 Å². The Morgan fingerprint density at radius 3 is 2.67 bits per heavy atom. The summed E-state index contributed by atoms with van der Waals surface area (Å²) in [7, 11) is 0. The van der Waals surface area contributed by atoms with Crippen LogP contribution in [0.15, 0.2) is 0 Å². The van der Waals surface area contributed by atoms with E-state index in [0.717, 1.165) is 26.2 Å². The molecule has 0 bridgehead atoms. The fraction of sp³-hybridized carbons (Fsp3) is 0.909. The SMILES string of the molecule is O=C1N2CCNCC2CN1C1CCCC1. The molecule has 0 spiro atoms. The fourth-order valence-corrected chi connectivity index (χ4v) is 3.17. The van der Waals surface area contributed by atoms with E-state index in [-0.39, 0.29) is 0 Å². The molecule has 0 radical (unpaired) electrons. The Labute approximate surface area is 90.6 Å². The lowest BCUT2D eigenvalue weighted by Gasteiger charge is -2.28. The predicted octanol–water partition coefficient (Wildman–Crippen LogP) is 0.638. The molecule has 3 rings (SSSR count). The van der Waals surface area contributed by atoms with Crippen molar-refractivity contribution in [3.63, 3.8) is 0 Å². The maximum absolute atomic E-state index is 12.2. The summed E-state index contributed by atoms with van der Waals surface area (Å²) < 4.78 is 0. The second-order valence-corrected chi connectivity index (χ2v) is 4.92. The number of urea groups is 1. The molecule has 1 unspecified atom stereocenters. The van der Waals surface area contributed by atoms with Crippen LogP contribution in [0.1, 0.15) is 25.7 Å². The fourth-order valence-electron chi connectivity index (χ4n) is 3.17. The van der Waals surface area contributed by atoms with E-state index in [0.29, 0.717) is 18.1 Å². The lowest BCUT2D eigenvalue weighted by molar-refractivity contribution is 0.170. The van der Waals surface area contributed by atoms with Gasteiger partial charge in [0.2, 0.25) is 0 Å². The van der Waals surface area contributed by atoms with Crippen LogP contribution in [0, 0.1) is 0 Å². The number of nitrogens with one attached hydrogen (secondary N) is 1. The van der Waals surface area contributed by atoms with Crippen LogP contribution in [-0.4, -0.2) is 54.1 Å². The van der Waals surface area contributed by atoms with Gasteiger partial charge in [-0.25, -0.2) is 4.79 Å². The van der Waals surface area contributed by atoms with Gasteiger partial charge >= 0.3 is 6.03 Å². The van der Waals surface area contributed by atoms with E-state index in [1.54, 1.807) is 0 Å². The molecule has 4 heteroatoms. The third kappa shape index (κ3) is 1.51. The predicted molar refractivity (Wildman–Crippen MR) is 57.7 cm³/mol. The summed E-state index contributed by atoms with van der Waals surface area (Å²) in [5, 5.41) is 3.37. The molecule has 15 heavy (non-hydrogen) atoms. The van der Waals surface area contributed by atoms with Gasteiger partial charge in [-0.05, 0) is 12.8 Å². The normalized spacial score (nSPS) is 32.5. The molecule has 2 amide bonds. The molecule has 4 nitrogen and oxygen atoms in total. The van der Waals surface area contributed by atoms with E-state index in [4.69, 9.17) is 0 Å². The van der Waals surface area contributed by atoms with Gasteiger partial charge in [0.15, 0.2) is 0 Å². The summed E-state index contributed by atoms with van der Waals surface area (Å²) >= 11 is 0. The van der Waals surface area contributed by atoms with E-state index < -0.39 is 0 Å². The van der Waals surface area contributed by atoms with E-state index >= 15 is 0 Å². The van der Waals surface area contributed by atoms with Crippen molar-refractivity contribution in [3.05, 3.63) is 0 Å². The molecule has 0 aromatic carbocycles. The molecule has 3 fully saturated rings. The molecular formula is C11H19N3O. The van der Waals surface area contributed by atoms with Gasteiger partial charge in [0.25, 0.3) is 0 Å². The summed E-state index contributed by atoms with van der Waals surface area (Å²) in [5.41, 5.74) is 0. The number of carbonyl (C=O) groups is 1. The molecular weight excluding hydrogens is 190 g/mol. The molecule has 0 aromatic rings. The van der Waals surface area contributed by atoms with Crippen molar-refractivity contribution in [1.82, 2.24) is 15.1 Å². The standard InChI is InChI=1S/C11H19N3O/c15-11-13-6-5-12-7-10(13)8-14(11)9-3-1-2-4-9/h9-10,12H,1-8H2. The first-order valence-corrected chi connectivity index (χ1v) is 6.14. The molecule has 2 saturated heterocycles. The van der Waals surface area contributed by atoms with Crippen molar-refractivity contribution in [3.8, 4) is 0 Å². The van der Waals surface area contributed by atoms with E-state index in [2.05, 4.69) is 15.1 Å². The molecule has 84 valence electrons. The van der Waals surface area contributed by atoms with Crippen LogP contribution in [0.2, 0.25) is 0 Å². The molecule has 1 N–H and O–H groups in total. The van der Waals surface area contributed by atoms with Crippen molar-refractivity contribution in [2.75, 3.05) is 26.2 Å². The van der Waals surface area contributed by atoms with Crippen LogP contribution in [-0.2, 0) is 0 Å². The lowest BCUT2D eigenvalue weighted by Crippen LogP contribution is -2.50. The minimum atomic E-state index is 0.299. The summed E-state index contributed by atoms with van der Waals surface area (Å²) in [6, 6.07) is 1.28. The average molecular weight is 209 g/mol. The Kier molecular flexibility index (Phi) is 2.31. The van der Waals surface area contributed by atoms with E-state index in [1.165, 1.54) is 25.7 Å². The van der Waals surface area contributed by atoms with Crippen LogP contribution < -0.4 is 5.32 Å². The second kappa shape index (κ2) is 3.67. The molecule has 3 aliphatic rings. The number of nitrogens with zero attached hydrogens (tertiary/aromatic N) is 2. The molecule has 2 aliphatic heterocycles. The first-order valence-electron chi connectivity index (χ1n) is 6.14. The van der Waals surface area contributed by atoms with Gasteiger partial charge in [-0.15, -0.1) is 0 Å². The van der Waals surface area contributed by atoms with Gasteiger partial charge < -0.3 is 15.1 Å². The zero-order valence-electron chi connectivity index (χ0n) is 9.11. The summed E-state index contributed by atoms with van der Waals surface area (Å²) in [5.74, 6) is 0.